The van der Waals surface area contributed by atoms with E-state index in [1.54, 1.807) is 0 Å². The van der Waals surface area contributed by atoms with Gasteiger partial charge in [0.2, 0.25) is 10.0 Å². The quantitative estimate of drug-likeness (QED) is 0.629. The number of carbonyl (C=O) groups excluding carboxylic acids is 2. The summed E-state index contributed by atoms with van der Waals surface area (Å²) in [6.45, 7) is -0.324. The van der Waals surface area contributed by atoms with Crippen molar-refractivity contribution in [1.82, 2.24) is 4.31 Å². The first-order valence-corrected chi connectivity index (χ1v) is 10.5. The van der Waals surface area contributed by atoms with Crippen molar-refractivity contribution in [3.8, 4) is 0 Å². The molecule has 0 bridgehead atoms. The van der Waals surface area contributed by atoms with Crippen molar-refractivity contribution >= 4 is 27.4 Å². The van der Waals surface area contributed by atoms with E-state index < -0.39 is 34.5 Å². The van der Waals surface area contributed by atoms with Gasteiger partial charge in [0.1, 0.15) is 6.67 Å². The van der Waals surface area contributed by atoms with Crippen LogP contribution >= 0.6 is 0 Å². The second-order valence-corrected chi connectivity index (χ2v) is 8.82. The third-order valence-corrected chi connectivity index (χ3v) is 7.04. The summed E-state index contributed by atoms with van der Waals surface area (Å²) < 4.78 is 45.0. The lowest BCUT2D eigenvalue weighted by Gasteiger charge is -2.24. The first kappa shape index (κ1) is 20.8. The Kier molecular flexibility index (Phi) is 6.13. The fourth-order valence-electron chi connectivity index (χ4n) is 3.64. The second-order valence-electron chi connectivity index (χ2n) is 6.93. The molecular weight excluding hydrogens is 391 g/mol. The summed E-state index contributed by atoms with van der Waals surface area (Å²) >= 11 is 0. The van der Waals surface area contributed by atoms with E-state index in [1.165, 1.54) is 29.6 Å². The fraction of sp³-hybridized carbons (Fsp3) is 0.556. The normalized spacial score (nSPS) is 21.4. The maximum atomic E-state index is 13.0. The predicted octanol–water partition coefficient (Wildman–Crippen LogP) is 0.736. The molecule has 2 aliphatic heterocycles. The fourth-order valence-corrected chi connectivity index (χ4v) is 5.34. The van der Waals surface area contributed by atoms with Crippen LogP contribution in [-0.4, -0.2) is 75.1 Å². The number of alkyl halides is 1. The van der Waals surface area contributed by atoms with Crippen molar-refractivity contribution in [1.29, 1.82) is 0 Å². The van der Waals surface area contributed by atoms with Crippen molar-refractivity contribution in [3.05, 3.63) is 23.8 Å². The zero-order valence-electron chi connectivity index (χ0n) is 15.5. The number of amides is 1. The molecule has 0 spiro atoms. The van der Waals surface area contributed by atoms with Crippen molar-refractivity contribution in [3.63, 3.8) is 0 Å². The Morgan fingerprint density at radius 2 is 2.11 bits per heavy atom. The van der Waals surface area contributed by atoms with Gasteiger partial charge in [-0.15, -0.1) is 0 Å². The summed E-state index contributed by atoms with van der Waals surface area (Å²) in [7, 11) is -2.33. The first-order valence-electron chi connectivity index (χ1n) is 9.06. The van der Waals surface area contributed by atoms with E-state index >= 15 is 0 Å². The van der Waals surface area contributed by atoms with Crippen LogP contribution in [0.25, 0.3) is 0 Å². The number of benzene rings is 1. The number of sulfonamides is 1. The molecule has 8 nitrogen and oxygen atoms in total. The molecule has 1 saturated heterocycles. The highest BCUT2D eigenvalue weighted by molar-refractivity contribution is 7.89. The molecule has 10 heteroatoms. The van der Waals surface area contributed by atoms with Crippen LogP contribution in [-0.2, 0) is 19.6 Å². The number of carbonyl (C=O) groups is 2. The van der Waals surface area contributed by atoms with Gasteiger partial charge in [0.25, 0.3) is 11.7 Å². The summed E-state index contributed by atoms with van der Waals surface area (Å²) in [5, 5.41) is 9.37. The number of hydrogen-bond acceptors (Lipinski definition) is 6. The van der Waals surface area contributed by atoms with E-state index in [9.17, 15) is 27.5 Å². The Bertz CT molecular complexity index is 875. The highest BCUT2D eigenvalue weighted by Gasteiger charge is 2.39. The number of aliphatic hydroxyl groups is 1. The van der Waals surface area contributed by atoms with E-state index in [0.29, 0.717) is 13.0 Å². The molecule has 0 aromatic heterocycles. The number of ketones is 1. The summed E-state index contributed by atoms with van der Waals surface area (Å²) in [6.07, 6.45) is 0.168. The predicted molar refractivity (Wildman–Crippen MR) is 98.5 cm³/mol. The Morgan fingerprint density at radius 3 is 2.79 bits per heavy atom. The molecule has 0 aliphatic carbocycles. The minimum absolute atomic E-state index is 0.00306. The Balaban J connectivity index is 1.89. The average Bonchev–Trinajstić information content (AvgIpc) is 3.24. The number of methoxy groups -OCH3 is 1. The van der Waals surface area contributed by atoms with Gasteiger partial charge in [-0.1, -0.05) is 0 Å². The molecule has 2 heterocycles. The lowest BCUT2D eigenvalue weighted by molar-refractivity contribution is -0.114. The topological polar surface area (TPSA) is 104 Å². The Labute approximate surface area is 162 Å². The summed E-state index contributed by atoms with van der Waals surface area (Å²) in [4.78, 5) is 25.7. The molecule has 2 aliphatic rings. The molecule has 1 aromatic rings. The van der Waals surface area contributed by atoms with Crippen LogP contribution in [0.4, 0.5) is 10.1 Å². The van der Waals surface area contributed by atoms with Crippen molar-refractivity contribution in [2.75, 3.05) is 38.4 Å². The number of rotatable bonds is 8. The minimum atomic E-state index is -3.84. The van der Waals surface area contributed by atoms with Gasteiger partial charge < -0.3 is 14.7 Å². The van der Waals surface area contributed by atoms with E-state index in [0.717, 1.165) is 11.3 Å². The van der Waals surface area contributed by atoms with Gasteiger partial charge in [-0.05, 0) is 37.5 Å². The lowest BCUT2D eigenvalue weighted by Crippen LogP contribution is -2.38. The number of fused-ring (bicyclic) bond motifs is 1. The third-order valence-electron chi connectivity index (χ3n) is 5.10. The van der Waals surface area contributed by atoms with Crippen LogP contribution in [0, 0.1) is 0 Å². The smallest absolute Gasteiger partial charge is 0.299 e. The maximum absolute atomic E-state index is 13.0. The zero-order valence-corrected chi connectivity index (χ0v) is 16.3. The van der Waals surface area contributed by atoms with Crippen LogP contribution in [0.1, 0.15) is 29.6 Å². The van der Waals surface area contributed by atoms with Crippen molar-refractivity contribution < 1.29 is 32.2 Å². The molecular formula is C18H23FN2O6S. The van der Waals surface area contributed by atoms with Crippen LogP contribution in [0.5, 0.6) is 0 Å². The van der Waals surface area contributed by atoms with Gasteiger partial charge in [0.05, 0.1) is 28.9 Å². The number of hydrogen-bond donors (Lipinski definition) is 1. The highest BCUT2D eigenvalue weighted by atomic mass is 32.2. The van der Waals surface area contributed by atoms with Crippen LogP contribution < -0.4 is 4.90 Å². The molecule has 2 atom stereocenters. The van der Waals surface area contributed by atoms with Gasteiger partial charge >= 0.3 is 0 Å². The molecule has 0 unspecified atom stereocenters. The molecule has 1 amide bonds. The number of aliphatic hydroxyl groups excluding tert-OH is 1. The molecule has 1 fully saturated rings. The van der Waals surface area contributed by atoms with E-state index in [4.69, 9.17) is 4.74 Å². The van der Waals surface area contributed by atoms with Gasteiger partial charge in [-0.3, -0.25) is 9.59 Å². The summed E-state index contributed by atoms with van der Waals surface area (Å²) in [5.41, 5.74) is 0.276. The number of ether oxygens (including phenoxy) is 1. The van der Waals surface area contributed by atoms with E-state index in [-0.39, 0.29) is 41.8 Å². The molecule has 28 heavy (non-hydrogen) atoms. The molecule has 1 aromatic carbocycles. The standard InChI is InChI=1S/C18H23FN2O6S/c1-27-11-12-3-2-7-21(12)28(25,26)14-4-5-16-15(9-14)17(23)18(24)20(16)8-6-13(22)10-19/h4-5,9,12-13,22H,2-3,6-8,10-11H2,1H3/t12-,13+/m0/s1. The van der Waals surface area contributed by atoms with Crippen LogP contribution in [0.3, 0.4) is 0 Å². The van der Waals surface area contributed by atoms with Crippen LogP contribution in [0.15, 0.2) is 23.1 Å². The van der Waals surface area contributed by atoms with Gasteiger partial charge in [0.15, 0.2) is 0 Å². The first-order chi connectivity index (χ1) is 13.3. The minimum Gasteiger partial charge on any atom is -0.390 e. The van der Waals surface area contributed by atoms with Gasteiger partial charge in [-0.2, -0.15) is 4.31 Å². The molecule has 3 rings (SSSR count). The Hall–Kier alpha value is -1.88. The van der Waals surface area contributed by atoms with E-state index in [2.05, 4.69) is 0 Å². The number of Topliss-reactive ketones (excluding diaryl/α,β-unsaturated/α-hetero) is 1. The SMILES string of the molecule is COC[C@@H]1CCCN1S(=O)(=O)c1ccc2c(c1)C(=O)C(=O)N2CC[C@@H](O)CF. The lowest BCUT2D eigenvalue weighted by atomic mass is 10.1. The molecule has 1 N–H and O–H groups in total. The largest absolute Gasteiger partial charge is 0.390 e. The number of halogens is 1. The van der Waals surface area contributed by atoms with Gasteiger partial charge in [-0.25, -0.2) is 12.8 Å². The zero-order chi connectivity index (χ0) is 20.5. The summed E-state index contributed by atoms with van der Waals surface area (Å²) in [5.74, 6) is -1.62. The Morgan fingerprint density at radius 1 is 1.36 bits per heavy atom. The maximum Gasteiger partial charge on any atom is 0.299 e. The third kappa shape index (κ3) is 3.69. The summed E-state index contributed by atoms with van der Waals surface area (Å²) in [6, 6.07) is 3.73. The van der Waals surface area contributed by atoms with Crippen molar-refractivity contribution in [2.24, 2.45) is 0 Å². The van der Waals surface area contributed by atoms with Crippen LogP contribution in [0.2, 0.25) is 0 Å². The average molecular weight is 414 g/mol. The van der Waals surface area contributed by atoms with Crippen molar-refractivity contribution in [2.45, 2.75) is 36.3 Å². The van der Waals surface area contributed by atoms with Gasteiger partial charge in [0, 0.05) is 26.2 Å². The molecule has 0 saturated carbocycles. The number of nitrogens with zero attached hydrogens (tertiary/aromatic N) is 2. The molecule has 0 radical (unpaired) electrons. The second kappa shape index (κ2) is 8.24. The van der Waals surface area contributed by atoms with E-state index in [1.807, 2.05) is 0 Å². The number of anilines is 1. The molecule has 154 valence electrons. The highest BCUT2D eigenvalue weighted by Crippen LogP contribution is 2.33. The monoisotopic (exact) mass is 414 g/mol.